The largest absolute Gasteiger partial charge is 0.379 e. The minimum absolute atomic E-state index is 0. The summed E-state index contributed by atoms with van der Waals surface area (Å²) in [6.45, 7) is 8.37. The first-order valence-electron chi connectivity index (χ1n) is 7.01. The van der Waals surface area contributed by atoms with Gasteiger partial charge >= 0.3 is 0 Å². The molecule has 0 aliphatic carbocycles. The third-order valence-electron chi connectivity index (χ3n) is 3.72. The van der Waals surface area contributed by atoms with Crippen LogP contribution in [-0.2, 0) is 17.7 Å². The topological polar surface area (TPSA) is 79.0 Å². The van der Waals surface area contributed by atoms with Gasteiger partial charge in [0, 0.05) is 44.4 Å². The second-order valence-electron chi connectivity index (χ2n) is 6.26. The average molecular weight is 317 g/mol. The number of nitrogens with one attached hydrogen (secondary N) is 3. The van der Waals surface area contributed by atoms with Gasteiger partial charge in [0.25, 0.3) is 5.91 Å². The molecule has 0 spiro atoms. The maximum absolute atomic E-state index is 12.2. The van der Waals surface area contributed by atoms with Gasteiger partial charge in [-0.05, 0) is 5.41 Å². The Bertz CT molecular complexity index is 482. The van der Waals surface area contributed by atoms with Crippen molar-refractivity contribution >= 4 is 18.3 Å². The molecule has 7 heteroatoms. The molecule has 120 valence electrons. The second kappa shape index (κ2) is 7.24. The minimum Gasteiger partial charge on any atom is -0.379 e. The monoisotopic (exact) mass is 316 g/mol. The third-order valence-corrected chi connectivity index (χ3v) is 3.72. The Morgan fingerprint density at radius 1 is 1.48 bits per heavy atom. The number of amides is 1. The molecule has 0 saturated heterocycles. The van der Waals surface area contributed by atoms with Gasteiger partial charge < -0.3 is 15.4 Å². The number of ether oxygens (including phenoxy) is 1. The molecule has 1 atom stereocenters. The van der Waals surface area contributed by atoms with Crippen molar-refractivity contribution < 1.29 is 9.53 Å². The third kappa shape index (κ3) is 4.18. The number of hydrogen-bond acceptors (Lipinski definition) is 4. The Kier molecular flexibility index (Phi) is 6.19. The van der Waals surface area contributed by atoms with E-state index in [1.54, 1.807) is 7.11 Å². The van der Waals surface area contributed by atoms with Crippen molar-refractivity contribution in [3.05, 3.63) is 17.0 Å². The van der Waals surface area contributed by atoms with E-state index in [4.69, 9.17) is 4.74 Å². The zero-order chi connectivity index (χ0) is 14.8. The molecule has 0 bridgehead atoms. The summed E-state index contributed by atoms with van der Waals surface area (Å²) in [6, 6.07) is 0. The Morgan fingerprint density at radius 2 is 2.19 bits per heavy atom. The summed E-state index contributed by atoms with van der Waals surface area (Å²) in [6.07, 6.45) is 0.859. The highest BCUT2D eigenvalue weighted by Crippen LogP contribution is 2.21. The number of rotatable bonds is 4. The Hall–Kier alpha value is -1.11. The number of hydrogen-bond donors (Lipinski definition) is 3. The zero-order valence-electron chi connectivity index (χ0n) is 13.1. The van der Waals surface area contributed by atoms with Gasteiger partial charge in [-0.15, -0.1) is 12.4 Å². The van der Waals surface area contributed by atoms with Crippen molar-refractivity contribution in [2.24, 2.45) is 5.41 Å². The van der Waals surface area contributed by atoms with Crippen LogP contribution in [0, 0.1) is 5.41 Å². The molecule has 0 aromatic carbocycles. The molecule has 21 heavy (non-hydrogen) atoms. The fourth-order valence-corrected chi connectivity index (χ4v) is 2.43. The number of H-pyrrole nitrogens is 1. The molecule has 0 radical (unpaired) electrons. The fourth-order valence-electron chi connectivity index (χ4n) is 2.43. The summed E-state index contributed by atoms with van der Waals surface area (Å²) in [5, 5.41) is 13.3. The Balaban J connectivity index is 0.00000220. The lowest BCUT2D eigenvalue weighted by Gasteiger charge is -2.29. The maximum Gasteiger partial charge on any atom is 0.272 e. The van der Waals surface area contributed by atoms with Gasteiger partial charge in [0.05, 0.1) is 6.10 Å². The standard InChI is InChI=1S/C14H24N4O2.ClH/c1-14(2,3)11(20-4)8-16-13(19)12-9-7-15-6-5-10(9)17-18-12;/h11,15H,5-8H2,1-4H3,(H,16,19)(H,17,18);1H. The second-order valence-corrected chi connectivity index (χ2v) is 6.26. The van der Waals surface area contributed by atoms with Crippen LogP contribution in [0.3, 0.4) is 0 Å². The van der Waals surface area contributed by atoms with Crippen molar-refractivity contribution in [2.75, 3.05) is 20.2 Å². The highest BCUT2D eigenvalue weighted by Gasteiger charge is 2.26. The summed E-state index contributed by atoms with van der Waals surface area (Å²) in [7, 11) is 1.67. The van der Waals surface area contributed by atoms with Crippen LogP contribution in [0.5, 0.6) is 0 Å². The zero-order valence-corrected chi connectivity index (χ0v) is 13.9. The molecule has 0 saturated carbocycles. The minimum atomic E-state index is -0.141. The molecule has 2 rings (SSSR count). The van der Waals surface area contributed by atoms with Gasteiger partial charge in [-0.3, -0.25) is 9.89 Å². The molecule has 6 nitrogen and oxygen atoms in total. The number of fused-ring (bicyclic) bond motifs is 1. The van der Waals surface area contributed by atoms with Gasteiger partial charge in [-0.1, -0.05) is 20.8 Å². The number of aromatic amines is 1. The summed E-state index contributed by atoms with van der Waals surface area (Å²) in [4.78, 5) is 12.2. The van der Waals surface area contributed by atoms with Gasteiger partial charge in [0.15, 0.2) is 5.69 Å². The van der Waals surface area contributed by atoms with E-state index in [-0.39, 0.29) is 29.8 Å². The summed E-state index contributed by atoms with van der Waals surface area (Å²) >= 11 is 0. The van der Waals surface area contributed by atoms with E-state index in [1.165, 1.54) is 0 Å². The van der Waals surface area contributed by atoms with Crippen LogP contribution in [0.1, 0.15) is 42.5 Å². The van der Waals surface area contributed by atoms with E-state index in [9.17, 15) is 4.79 Å². The lowest BCUT2D eigenvalue weighted by molar-refractivity contribution is 0.0175. The highest BCUT2D eigenvalue weighted by molar-refractivity contribution is 5.94. The number of aromatic nitrogens is 2. The molecular weight excluding hydrogens is 292 g/mol. The van der Waals surface area contributed by atoms with Crippen LogP contribution in [0.2, 0.25) is 0 Å². The molecule has 1 aliphatic heterocycles. The summed E-state index contributed by atoms with van der Waals surface area (Å²) < 4.78 is 5.44. The quantitative estimate of drug-likeness (QED) is 0.781. The average Bonchev–Trinajstić information content (AvgIpc) is 2.81. The number of halogens is 1. The van der Waals surface area contributed by atoms with Crippen LogP contribution in [-0.4, -0.2) is 42.4 Å². The molecule has 1 unspecified atom stereocenters. The Morgan fingerprint density at radius 3 is 2.81 bits per heavy atom. The van der Waals surface area contributed by atoms with E-state index < -0.39 is 0 Å². The lowest BCUT2D eigenvalue weighted by atomic mass is 9.89. The maximum atomic E-state index is 12.2. The first-order valence-corrected chi connectivity index (χ1v) is 7.01. The van der Waals surface area contributed by atoms with Crippen LogP contribution in [0.4, 0.5) is 0 Å². The molecule has 1 aliphatic rings. The van der Waals surface area contributed by atoms with Crippen LogP contribution in [0.25, 0.3) is 0 Å². The lowest BCUT2D eigenvalue weighted by Crippen LogP contribution is -2.41. The van der Waals surface area contributed by atoms with E-state index in [1.807, 2.05) is 0 Å². The van der Waals surface area contributed by atoms with E-state index in [0.717, 1.165) is 24.2 Å². The number of nitrogens with zero attached hydrogens (tertiary/aromatic N) is 1. The molecule has 1 aromatic heterocycles. The number of carbonyl (C=O) groups is 1. The smallest absolute Gasteiger partial charge is 0.272 e. The fraction of sp³-hybridized carbons (Fsp3) is 0.714. The van der Waals surface area contributed by atoms with Gasteiger partial charge in [-0.2, -0.15) is 5.10 Å². The predicted molar refractivity (Wildman–Crippen MR) is 83.8 cm³/mol. The molecule has 1 amide bonds. The van der Waals surface area contributed by atoms with Crippen molar-refractivity contribution in [3.8, 4) is 0 Å². The SMILES string of the molecule is COC(CNC(=O)c1n[nH]c2c1CNCC2)C(C)(C)C.Cl. The van der Waals surface area contributed by atoms with Gasteiger partial charge in [-0.25, -0.2) is 0 Å². The van der Waals surface area contributed by atoms with Crippen molar-refractivity contribution in [3.63, 3.8) is 0 Å². The molecule has 3 N–H and O–H groups in total. The summed E-state index contributed by atoms with van der Waals surface area (Å²) in [5.41, 5.74) is 2.52. The normalized spacial score (nSPS) is 15.8. The molecule has 1 aromatic rings. The van der Waals surface area contributed by atoms with Crippen molar-refractivity contribution in [1.29, 1.82) is 0 Å². The summed E-state index contributed by atoms with van der Waals surface area (Å²) in [5.74, 6) is -0.141. The van der Waals surface area contributed by atoms with Crippen LogP contribution >= 0.6 is 12.4 Å². The van der Waals surface area contributed by atoms with E-state index in [0.29, 0.717) is 18.8 Å². The van der Waals surface area contributed by atoms with E-state index in [2.05, 4.69) is 41.6 Å². The first-order chi connectivity index (χ1) is 9.43. The molecular formula is C14H25ClN4O2. The van der Waals surface area contributed by atoms with E-state index >= 15 is 0 Å². The van der Waals surface area contributed by atoms with Crippen LogP contribution in [0.15, 0.2) is 0 Å². The number of methoxy groups -OCH3 is 1. The predicted octanol–water partition coefficient (Wildman–Crippen LogP) is 1.27. The van der Waals surface area contributed by atoms with Crippen molar-refractivity contribution in [1.82, 2.24) is 20.8 Å². The van der Waals surface area contributed by atoms with Crippen molar-refractivity contribution in [2.45, 2.75) is 39.8 Å². The number of carbonyl (C=O) groups excluding carboxylic acids is 1. The van der Waals surface area contributed by atoms with Gasteiger partial charge in [0.2, 0.25) is 0 Å². The molecule has 0 fully saturated rings. The first kappa shape index (κ1) is 17.9. The molecule has 2 heterocycles. The Labute approximate surface area is 131 Å². The van der Waals surface area contributed by atoms with Gasteiger partial charge in [0.1, 0.15) is 0 Å². The highest BCUT2D eigenvalue weighted by atomic mass is 35.5. The van der Waals surface area contributed by atoms with Crippen LogP contribution < -0.4 is 10.6 Å².